The van der Waals surface area contributed by atoms with Crippen LogP contribution >= 0.6 is 0 Å². The van der Waals surface area contributed by atoms with Gasteiger partial charge in [-0.15, -0.1) is 0 Å². The predicted molar refractivity (Wildman–Crippen MR) is 114 cm³/mol. The number of hydrogen-bond donors (Lipinski definition) is 1. The molecule has 1 atom stereocenters. The third kappa shape index (κ3) is 3.27. The standard InChI is InChI=1S/C24H25N3O2/c1-13-6-7-15(3)19(10-13)23(29)20-12-21(28)25-24-22(20)17(5)26-27(24)18-9-8-14(2)16(4)11-18/h6-11,20H,12H2,1-5H3,(H,25,28)/t20-/m1/s1. The van der Waals surface area contributed by atoms with Gasteiger partial charge in [-0.1, -0.05) is 23.8 Å². The van der Waals surface area contributed by atoms with Crippen LogP contribution in [-0.4, -0.2) is 21.5 Å². The Balaban J connectivity index is 1.85. The summed E-state index contributed by atoms with van der Waals surface area (Å²) in [5, 5.41) is 7.64. The van der Waals surface area contributed by atoms with E-state index in [-0.39, 0.29) is 18.1 Å². The molecule has 0 saturated heterocycles. The Morgan fingerprint density at radius 3 is 2.45 bits per heavy atom. The summed E-state index contributed by atoms with van der Waals surface area (Å²) in [5.74, 6) is -0.110. The molecule has 5 heteroatoms. The van der Waals surface area contributed by atoms with Crippen LogP contribution in [0, 0.1) is 34.6 Å². The van der Waals surface area contributed by atoms with Crippen molar-refractivity contribution in [3.8, 4) is 5.69 Å². The van der Waals surface area contributed by atoms with Crippen LogP contribution in [0.3, 0.4) is 0 Å². The van der Waals surface area contributed by atoms with E-state index in [4.69, 9.17) is 0 Å². The molecule has 0 unspecified atom stereocenters. The summed E-state index contributed by atoms with van der Waals surface area (Å²) in [6.45, 7) is 9.91. The number of fused-ring (bicyclic) bond motifs is 1. The molecule has 29 heavy (non-hydrogen) atoms. The zero-order valence-corrected chi connectivity index (χ0v) is 17.5. The van der Waals surface area contributed by atoms with Crippen molar-refractivity contribution in [3.63, 3.8) is 0 Å². The Hall–Kier alpha value is -3.21. The van der Waals surface area contributed by atoms with E-state index in [0.29, 0.717) is 11.4 Å². The van der Waals surface area contributed by atoms with Crippen LogP contribution in [0.25, 0.3) is 5.69 Å². The Morgan fingerprint density at radius 1 is 1.00 bits per heavy atom. The van der Waals surface area contributed by atoms with Crippen LogP contribution in [0.15, 0.2) is 36.4 Å². The molecule has 0 radical (unpaired) electrons. The molecule has 2 aromatic carbocycles. The molecule has 1 aromatic heterocycles. The molecule has 1 aliphatic rings. The van der Waals surface area contributed by atoms with E-state index in [1.165, 1.54) is 5.56 Å². The number of aromatic nitrogens is 2. The van der Waals surface area contributed by atoms with Crippen LogP contribution in [-0.2, 0) is 4.79 Å². The highest BCUT2D eigenvalue weighted by molar-refractivity contribution is 6.08. The van der Waals surface area contributed by atoms with Crippen LogP contribution in [0.1, 0.15) is 56.2 Å². The quantitative estimate of drug-likeness (QED) is 0.661. The molecule has 5 nitrogen and oxygen atoms in total. The largest absolute Gasteiger partial charge is 0.310 e. The minimum atomic E-state index is -0.528. The molecule has 1 amide bonds. The summed E-state index contributed by atoms with van der Waals surface area (Å²) >= 11 is 0. The highest BCUT2D eigenvalue weighted by Gasteiger charge is 2.36. The maximum absolute atomic E-state index is 13.5. The summed E-state index contributed by atoms with van der Waals surface area (Å²) < 4.78 is 1.75. The summed E-state index contributed by atoms with van der Waals surface area (Å²) in [6, 6.07) is 11.9. The van der Waals surface area contributed by atoms with Crippen molar-refractivity contribution >= 4 is 17.5 Å². The van der Waals surface area contributed by atoms with Gasteiger partial charge in [0.1, 0.15) is 5.82 Å². The van der Waals surface area contributed by atoms with Crippen molar-refractivity contribution in [2.24, 2.45) is 0 Å². The van der Waals surface area contributed by atoms with Gasteiger partial charge in [-0.2, -0.15) is 5.10 Å². The molecule has 0 saturated carbocycles. The first kappa shape index (κ1) is 19.1. The molecule has 1 aliphatic heterocycles. The summed E-state index contributed by atoms with van der Waals surface area (Å²) in [5.41, 5.74) is 7.42. The van der Waals surface area contributed by atoms with E-state index in [1.54, 1.807) is 4.68 Å². The second kappa shape index (κ2) is 6.99. The highest BCUT2D eigenvalue weighted by Crippen LogP contribution is 2.38. The van der Waals surface area contributed by atoms with Gasteiger partial charge < -0.3 is 5.32 Å². The van der Waals surface area contributed by atoms with E-state index < -0.39 is 5.92 Å². The first-order valence-electron chi connectivity index (χ1n) is 9.84. The normalized spacial score (nSPS) is 15.8. The van der Waals surface area contributed by atoms with Crippen molar-refractivity contribution in [3.05, 3.63) is 75.5 Å². The Kier molecular flexibility index (Phi) is 4.61. The number of carbonyl (C=O) groups is 2. The van der Waals surface area contributed by atoms with Gasteiger partial charge in [-0.3, -0.25) is 9.59 Å². The fourth-order valence-electron chi connectivity index (χ4n) is 4.00. The van der Waals surface area contributed by atoms with Gasteiger partial charge in [0.25, 0.3) is 0 Å². The average Bonchev–Trinajstić information content (AvgIpc) is 3.01. The second-order valence-electron chi connectivity index (χ2n) is 8.02. The van der Waals surface area contributed by atoms with Crippen molar-refractivity contribution in [2.75, 3.05) is 5.32 Å². The van der Waals surface area contributed by atoms with E-state index in [9.17, 15) is 9.59 Å². The van der Waals surface area contributed by atoms with Gasteiger partial charge in [0.05, 0.1) is 17.3 Å². The third-order valence-corrected chi connectivity index (χ3v) is 5.81. The first-order chi connectivity index (χ1) is 13.8. The number of nitrogens with zero attached hydrogens (tertiary/aromatic N) is 2. The lowest BCUT2D eigenvalue weighted by Crippen LogP contribution is -2.28. The summed E-state index contributed by atoms with van der Waals surface area (Å²) in [7, 11) is 0. The Bertz CT molecular complexity index is 1160. The van der Waals surface area contributed by atoms with Crippen LogP contribution in [0.5, 0.6) is 0 Å². The lowest BCUT2D eigenvalue weighted by Gasteiger charge is -2.24. The minimum absolute atomic E-state index is 0.0231. The number of benzene rings is 2. The number of nitrogens with one attached hydrogen (secondary N) is 1. The molecule has 0 aliphatic carbocycles. The highest BCUT2D eigenvalue weighted by atomic mass is 16.2. The number of rotatable bonds is 3. The van der Waals surface area contributed by atoms with E-state index >= 15 is 0 Å². The minimum Gasteiger partial charge on any atom is -0.310 e. The lowest BCUT2D eigenvalue weighted by molar-refractivity contribution is -0.116. The topological polar surface area (TPSA) is 64.0 Å². The monoisotopic (exact) mass is 387 g/mol. The lowest BCUT2D eigenvalue weighted by atomic mass is 9.84. The maximum Gasteiger partial charge on any atom is 0.226 e. The molecule has 4 rings (SSSR count). The van der Waals surface area contributed by atoms with Crippen LogP contribution in [0.4, 0.5) is 5.82 Å². The van der Waals surface area contributed by atoms with Crippen molar-refractivity contribution in [1.82, 2.24) is 9.78 Å². The number of hydrogen-bond acceptors (Lipinski definition) is 3. The number of anilines is 1. The molecular formula is C24H25N3O2. The third-order valence-electron chi connectivity index (χ3n) is 5.81. The Labute approximate surface area is 170 Å². The molecule has 1 N–H and O–H groups in total. The number of carbonyl (C=O) groups excluding carboxylic acids is 2. The van der Waals surface area contributed by atoms with Crippen molar-refractivity contribution < 1.29 is 9.59 Å². The molecular weight excluding hydrogens is 362 g/mol. The van der Waals surface area contributed by atoms with Crippen LogP contribution in [0.2, 0.25) is 0 Å². The summed E-state index contributed by atoms with van der Waals surface area (Å²) in [4.78, 5) is 26.0. The smallest absolute Gasteiger partial charge is 0.226 e. The van der Waals surface area contributed by atoms with Gasteiger partial charge >= 0.3 is 0 Å². The fourth-order valence-corrected chi connectivity index (χ4v) is 4.00. The van der Waals surface area contributed by atoms with Gasteiger partial charge in [-0.05, 0) is 69.5 Å². The zero-order valence-electron chi connectivity index (χ0n) is 17.5. The molecule has 0 spiro atoms. The molecule has 0 fully saturated rings. The first-order valence-corrected chi connectivity index (χ1v) is 9.84. The van der Waals surface area contributed by atoms with Gasteiger partial charge in [0.15, 0.2) is 5.78 Å². The second-order valence-corrected chi connectivity index (χ2v) is 8.02. The SMILES string of the molecule is Cc1ccc(C)c(C(=O)[C@@H]2CC(=O)Nc3c2c(C)nn3-c2ccc(C)c(C)c2)c1. The maximum atomic E-state index is 13.5. The van der Waals surface area contributed by atoms with E-state index in [1.807, 2.05) is 64.1 Å². The van der Waals surface area contributed by atoms with Crippen molar-refractivity contribution in [2.45, 2.75) is 47.0 Å². The van der Waals surface area contributed by atoms with Gasteiger partial charge in [0, 0.05) is 17.5 Å². The van der Waals surface area contributed by atoms with Crippen LogP contribution < -0.4 is 5.32 Å². The number of amides is 1. The number of ketones is 1. The average molecular weight is 387 g/mol. The van der Waals surface area contributed by atoms with Gasteiger partial charge in [-0.25, -0.2) is 4.68 Å². The molecule has 2 heterocycles. The number of Topliss-reactive ketones (excluding diaryl/α,β-unsaturated/α-hetero) is 1. The zero-order chi connectivity index (χ0) is 20.9. The summed E-state index contributed by atoms with van der Waals surface area (Å²) in [6.07, 6.45) is 0.138. The van der Waals surface area contributed by atoms with E-state index in [2.05, 4.69) is 17.3 Å². The fraction of sp³-hybridized carbons (Fsp3) is 0.292. The Morgan fingerprint density at radius 2 is 1.72 bits per heavy atom. The van der Waals surface area contributed by atoms with Crippen molar-refractivity contribution in [1.29, 1.82) is 0 Å². The predicted octanol–water partition coefficient (Wildman–Crippen LogP) is 4.72. The molecule has 3 aromatic rings. The van der Waals surface area contributed by atoms with Gasteiger partial charge in [0.2, 0.25) is 5.91 Å². The number of aryl methyl sites for hydroxylation is 5. The van der Waals surface area contributed by atoms with E-state index in [0.717, 1.165) is 33.6 Å². The molecule has 148 valence electrons. The molecule has 0 bridgehead atoms.